The van der Waals surface area contributed by atoms with Gasteiger partial charge in [-0.2, -0.15) is 5.10 Å². The molecule has 120 valence electrons. The largest absolute Gasteiger partial charge is 0.355 e. The number of carbonyl (C=O) groups excluding carboxylic acids is 1. The molecule has 2 aromatic carbocycles. The number of nitrogens with one attached hydrogen (secondary N) is 1. The lowest BCUT2D eigenvalue weighted by Crippen LogP contribution is -2.19. The fraction of sp³-hybridized carbons (Fsp3) is 0.0556. The summed E-state index contributed by atoms with van der Waals surface area (Å²) < 4.78 is 6.20. The predicted molar refractivity (Wildman–Crippen MR) is 95.8 cm³/mol. The number of aromatic nitrogens is 1. The summed E-state index contributed by atoms with van der Waals surface area (Å²) in [4.78, 5) is 12.1. The highest BCUT2D eigenvalue weighted by Crippen LogP contribution is 2.19. The molecule has 0 saturated heterocycles. The molecular formula is C18H14BrN3O2. The Bertz CT molecular complexity index is 871. The number of hydrogen-bond donors (Lipinski definition) is 1. The average molecular weight is 384 g/mol. The molecule has 0 aliphatic heterocycles. The SMILES string of the molecule is CC(=NNC(=O)c1cc(-c2ccccc2)on1)c1ccc(Br)cc1. The Morgan fingerprint density at radius 1 is 1.12 bits per heavy atom. The number of nitrogens with zero attached hydrogens (tertiary/aromatic N) is 2. The number of hydrazone groups is 1. The van der Waals surface area contributed by atoms with E-state index in [4.69, 9.17) is 4.52 Å². The first-order valence-corrected chi connectivity index (χ1v) is 8.05. The van der Waals surface area contributed by atoms with Crippen molar-refractivity contribution in [2.75, 3.05) is 0 Å². The second kappa shape index (κ2) is 7.23. The van der Waals surface area contributed by atoms with Crippen LogP contribution in [-0.4, -0.2) is 16.8 Å². The molecule has 0 radical (unpaired) electrons. The number of amides is 1. The summed E-state index contributed by atoms with van der Waals surface area (Å²) in [6, 6.07) is 18.7. The summed E-state index contributed by atoms with van der Waals surface area (Å²) in [6.45, 7) is 1.82. The zero-order valence-corrected chi connectivity index (χ0v) is 14.4. The first-order chi connectivity index (χ1) is 11.6. The quantitative estimate of drug-likeness (QED) is 0.540. The van der Waals surface area contributed by atoms with Gasteiger partial charge in [-0.05, 0) is 24.6 Å². The molecule has 3 aromatic rings. The first-order valence-electron chi connectivity index (χ1n) is 7.26. The van der Waals surface area contributed by atoms with E-state index in [1.54, 1.807) is 6.07 Å². The number of benzene rings is 2. The normalized spacial score (nSPS) is 11.3. The van der Waals surface area contributed by atoms with Crippen molar-refractivity contribution >= 4 is 27.5 Å². The molecule has 0 aliphatic carbocycles. The first kappa shape index (κ1) is 16.1. The second-order valence-electron chi connectivity index (χ2n) is 5.09. The fourth-order valence-electron chi connectivity index (χ4n) is 2.07. The maximum absolute atomic E-state index is 12.1. The van der Waals surface area contributed by atoms with Gasteiger partial charge < -0.3 is 4.52 Å². The molecule has 1 heterocycles. The minimum Gasteiger partial charge on any atom is -0.355 e. The van der Waals surface area contributed by atoms with Crippen LogP contribution in [0.2, 0.25) is 0 Å². The van der Waals surface area contributed by atoms with Crippen molar-refractivity contribution in [3.8, 4) is 11.3 Å². The van der Waals surface area contributed by atoms with Gasteiger partial charge in [0.05, 0.1) is 5.71 Å². The van der Waals surface area contributed by atoms with E-state index in [0.717, 1.165) is 15.6 Å². The van der Waals surface area contributed by atoms with E-state index in [0.29, 0.717) is 11.5 Å². The van der Waals surface area contributed by atoms with Crippen LogP contribution in [0.4, 0.5) is 0 Å². The second-order valence-corrected chi connectivity index (χ2v) is 6.00. The predicted octanol–water partition coefficient (Wildman–Crippen LogP) is 4.26. The van der Waals surface area contributed by atoms with Gasteiger partial charge >= 0.3 is 0 Å². The molecule has 1 N–H and O–H groups in total. The van der Waals surface area contributed by atoms with Crippen molar-refractivity contribution in [3.05, 3.63) is 76.4 Å². The van der Waals surface area contributed by atoms with E-state index < -0.39 is 5.91 Å². The highest BCUT2D eigenvalue weighted by atomic mass is 79.9. The summed E-state index contributed by atoms with van der Waals surface area (Å²) in [5.74, 6) is 0.117. The fourth-order valence-corrected chi connectivity index (χ4v) is 2.33. The molecule has 24 heavy (non-hydrogen) atoms. The molecule has 0 saturated carbocycles. The summed E-state index contributed by atoms with van der Waals surface area (Å²) in [6.07, 6.45) is 0. The molecule has 0 aliphatic rings. The van der Waals surface area contributed by atoms with Crippen molar-refractivity contribution in [1.82, 2.24) is 10.6 Å². The van der Waals surface area contributed by atoms with E-state index in [2.05, 4.69) is 31.6 Å². The van der Waals surface area contributed by atoms with Crippen LogP contribution in [0.3, 0.4) is 0 Å². The van der Waals surface area contributed by atoms with Crippen LogP contribution >= 0.6 is 15.9 Å². The number of halogens is 1. The maximum atomic E-state index is 12.1. The van der Waals surface area contributed by atoms with Gasteiger partial charge in [-0.25, -0.2) is 5.43 Å². The topological polar surface area (TPSA) is 67.5 Å². The minimum absolute atomic E-state index is 0.182. The third-order valence-corrected chi connectivity index (χ3v) is 3.92. The summed E-state index contributed by atoms with van der Waals surface area (Å²) >= 11 is 3.38. The van der Waals surface area contributed by atoms with Gasteiger partial charge in [-0.3, -0.25) is 4.79 Å². The molecule has 0 atom stereocenters. The standard InChI is InChI=1S/C18H14BrN3O2/c1-12(13-7-9-15(19)10-8-13)20-21-18(23)16-11-17(24-22-16)14-5-3-2-4-6-14/h2-11H,1H3,(H,21,23). The summed E-state index contributed by atoms with van der Waals surface area (Å²) in [5.41, 5.74) is 5.15. The monoisotopic (exact) mass is 383 g/mol. The average Bonchev–Trinajstić information content (AvgIpc) is 3.11. The van der Waals surface area contributed by atoms with Gasteiger partial charge in [0, 0.05) is 16.1 Å². The van der Waals surface area contributed by atoms with Gasteiger partial charge in [0.2, 0.25) is 0 Å². The lowest BCUT2D eigenvalue weighted by atomic mass is 10.1. The number of carbonyl (C=O) groups is 1. The smallest absolute Gasteiger partial charge is 0.293 e. The molecular weight excluding hydrogens is 370 g/mol. The van der Waals surface area contributed by atoms with Crippen molar-refractivity contribution in [1.29, 1.82) is 0 Å². The third kappa shape index (κ3) is 3.78. The van der Waals surface area contributed by atoms with Crippen LogP contribution in [0.1, 0.15) is 23.0 Å². The van der Waals surface area contributed by atoms with Gasteiger partial charge in [-0.15, -0.1) is 0 Å². The number of rotatable bonds is 4. The molecule has 1 amide bonds. The highest BCUT2D eigenvalue weighted by Gasteiger charge is 2.13. The Labute approximate surface area is 147 Å². The van der Waals surface area contributed by atoms with E-state index in [-0.39, 0.29) is 5.69 Å². The molecule has 0 bridgehead atoms. The van der Waals surface area contributed by atoms with Crippen molar-refractivity contribution in [3.63, 3.8) is 0 Å². The number of hydrogen-bond acceptors (Lipinski definition) is 4. The molecule has 0 fully saturated rings. The Morgan fingerprint density at radius 2 is 1.83 bits per heavy atom. The third-order valence-electron chi connectivity index (χ3n) is 3.39. The maximum Gasteiger partial charge on any atom is 0.293 e. The molecule has 0 unspecified atom stereocenters. The molecule has 1 aromatic heterocycles. The van der Waals surface area contributed by atoms with Gasteiger partial charge in [0.25, 0.3) is 5.91 Å². The summed E-state index contributed by atoms with van der Waals surface area (Å²) in [5, 5.41) is 7.89. The van der Waals surface area contributed by atoms with Gasteiger partial charge in [0.1, 0.15) is 0 Å². The summed E-state index contributed by atoms with van der Waals surface area (Å²) in [7, 11) is 0. The van der Waals surface area contributed by atoms with Crippen molar-refractivity contribution < 1.29 is 9.32 Å². The lowest BCUT2D eigenvalue weighted by Gasteiger charge is -2.01. The lowest BCUT2D eigenvalue weighted by molar-refractivity contribution is 0.0946. The van der Waals surface area contributed by atoms with E-state index in [1.807, 2.05) is 61.5 Å². The van der Waals surface area contributed by atoms with Gasteiger partial charge in [0.15, 0.2) is 11.5 Å². The Morgan fingerprint density at radius 3 is 2.54 bits per heavy atom. The van der Waals surface area contributed by atoms with E-state index >= 15 is 0 Å². The molecule has 0 spiro atoms. The Balaban J connectivity index is 1.70. The zero-order chi connectivity index (χ0) is 16.9. The van der Waals surface area contributed by atoms with Crippen LogP contribution in [-0.2, 0) is 0 Å². The van der Waals surface area contributed by atoms with Crippen LogP contribution < -0.4 is 5.43 Å². The van der Waals surface area contributed by atoms with Crippen molar-refractivity contribution in [2.24, 2.45) is 5.10 Å². The van der Waals surface area contributed by atoms with Crippen LogP contribution in [0.5, 0.6) is 0 Å². The van der Waals surface area contributed by atoms with Crippen LogP contribution in [0.25, 0.3) is 11.3 Å². The zero-order valence-electron chi connectivity index (χ0n) is 12.9. The highest BCUT2D eigenvalue weighted by molar-refractivity contribution is 9.10. The van der Waals surface area contributed by atoms with Crippen molar-refractivity contribution in [2.45, 2.75) is 6.92 Å². The minimum atomic E-state index is -0.419. The van der Waals surface area contributed by atoms with Crippen LogP contribution in [0.15, 0.2) is 74.8 Å². The molecule has 6 heteroatoms. The molecule has 3 rings (SSSR count). The van der Waals surface area contributed by atoms with E-state index in [1.165, 1.54) is 0 Å². The Kier molecular flexibility index (Phi) is 4.86. The molecule has 5 nitrogen and oxygen atoms in total. The van der Waals surface area contributed by atoms with E-state index in [9.17, 15) is 4.79 Å². The van der Waals surface area contributed by atoms with Gasteiger partial charge in [-0.1, -0.05) is 63.6 Å². The Hall–Kier alpha value is -2.73. The van der Waals surface area contributed by atoms with Crippen LogP contribution in [0, 0.1) is 0 Å².